The predicted molar refractivity (Wildman–Crippen MR) is 88.8 cm³/mol. The van der Waals surface area contributed by atoms with Crippen LogP contribution in [0.15, 0.2) is 42.7 Å². The topological polar surface area (TPSA) is 83.6 Å². The van der Waals surface area contributed by atoms with E-state index in [2.05, 4.69) is 15.1 Å². The molecule has 0 aliphatic carbocycles. The molecule has 0 radical (unpaired) electrons. The van der Waals surface area contributed by atoms with E-state index in [9.17, 15) is 9.90 Å². The number of anilines is 1. The molecule has 1 aliphatic rings. The van der Waals surface area contributed by atoms with Gasteiger partial charge in [-0.3, -0.25) is 4.79 Å². The normalized spacial score (nSPS) is 20.6. The van der Waals surface area contributed by atoms with E-state index in [1.165, 1.54) is 6.33 Å². The molecule has 1 atom stereocenters. The van der Waals surface area contributed by atoms with Gasteiger partial charge in [0.05, 0.1) is 11.1 Å². The molecule has 3 aromatic rings. The van der Waals surface area contributed by atoms with Crippen LogP contribution in [0.3, 0.4) is 0 Å². The van der Waals surface area contributed by atoms with E-state index < -0.39 is 11.4 Å². The molecule has 122 valence electrons. The predicted octanol–water partition coefficient (Wildman–Crippen LogP) is 2.09. The standard InChI is InChI=1S/C17H17N5O2/c1-17(15(23)24)7-8-21(10-17)14-9-13(12-5-3-2-4-6-12)20-16-18-11-19-22(14)16/h2-6,9,11H,7-8,10H2,1H3,(H,23,24). The van der Waals surface area contributed by atoms with E-state index in [-0.39, 0.29) is 0 Å². The molecule has 0 saturated carbocycles. The molecule has 1 unspecified atom stereocenters. The number of hydrogen-bond acceptors (Lipinski definition) is 5. The summed E-state index contributed by atoms with van der Waals surface area (Å²) >= 11 is 0. The fourth-order valence-electron chi connectivity index (χ4n) is 3.11. The summed E-state index contributed by atoms with van der Waals surface area (Å²) in [5.41, 5.74) is 1.04. The highest BCUT2D eigenvalue weighted by Gasteiger charge is 2.41. The number of carbonyl (C=O) groups is 1. The van der Waals surface area contributed by atoms with Crippen LogP contribution in [-0.2, 0) is 4.79 Å². The molecule has 3 heterocycles. The zero-order valence-electron chi connectivity index (χ0n) is 13.3. The SMILES string of the molecule is CC1(C(=O)O)CCN(c2cc(-c3ccccc3)nc3ncnn23)C1. The van der Waals surface area contributed by atoms with E-state index in [4.69, 9.17) is 0 Å². The minimum atomic E-state index is -0.767. The average Bonchev–Trinajstić information content (AvgIpc) is 3.22. The lowest BCUT2D eigenvalue weighted by atomic mass is 9.90. The van der Waals surface area contributed by atoms with Gasteiger partial charge in [-0.1, -0.05) is 30.3 Å². The van der Waals surface area contributed by atoms with Gasteiger partial charge in [0, 0.05) is 24.7 Å². The fraction of sp³-hybridized carbons (Fsp3) is 0.294. The van der Waals surface area contributed by atoms with Crippen molar-refractivity contribution < 1.29 is 9.90 Å². The van der Waals surface area contributed by atoms with E-state index in [0.29, 0.717) is 25.3 Å². The maximum atomic E-state index is 11.5. The summed E-state index contributed by atoms with van der Waals surface area (Å²) in [5.74, 6) is 0.564. The van der Waals surface area contributed by atoms with Gasteiger partial charge in [0.25, 0.3) is 5.78 Å². The Morgan fingerprint density at radius 2 is 2.08 bits per heavy atom. The van der Waals surface area contributed by atoms with Crippen molar-refractivity contribution in [1.82, 2.24) is 19.6 Å². The number of aliphatic carboxylic acids is 1. The Hall–Kier alpha value is -2.96. The van der Waals surface area contributed by atoms with E-state index in [1.54, 1.807) is 11.4 Å². The fourth-order valence-corrected chi connectivity index (χ4v) is 3.11. The molecule has 4 rings (SSSR count). The first-order valence-electron chi connectivity index (χ1n) is 7.81. The van der Waals surface area contributed by atoms with Crippen LogP contribution in [0.4, 0.5) is 5.82 Å². The van der Waals surface area contributed by atoms with Crippen LogP contribution in [0.25, 0.3) is 17.0 Å². The molecule has 1 fully saturated rings. The van der Waals surface area contributed by atoms with Gasteiger partial charge in [-0.15, -0.1) is 0 Å². The number of carboxylic acids is 1. The van der Waals surface area contributed by atoms with Crippen molar-refractivity contribution in [3.63, 3.8) is 0 Å². The zero-order chi connectivity index (χ0) is 16.7. The smallest absolute Gasteiger partial charge is 0.311 e. The Kier molecular flexibility index (Phi) is 3.23. The van der Waals surface area contributed by atoms with Crippen molar-refractivity contribution in [2.24, 2.45) is 5.41 Å². The lowest BCUT2D eigenvalue weighted by Crippen LogP contribution is -2.32. The maximum Gasteiger partial charge on any atom is 0.311 e. The maximum absolute atomic E-state index is 11.5. The summed E-state index contributed by atoms with van der Waals surface area (Å²) in [6.45, 7) is 2.89. The van der Waals surface area contributed by atoms with Crippen LogP contribution in [0.5, 0.6) is 0 Å². The van der Waals surface area contributed by atoms with Crippen LogP contribution < -0.4 is 4.90 Å². The molecular weight excluding hydrogens is 306 g/mol. The molecule has 1 saturated heterocycles. The van der Waals surface area contributed by atoms with E-state index in [1.807, 2.05) is 41.3 Å². The highest BCUT2D eigenvalue weighted by Crippen LogP contribution is 2.34. The van der Waals surface area contributed by atoms with Gasteiger partial charge in [0.2, 0.25) is 0 Å². The van der Waals surface area contributed by atoms with Gasteiger partial charge >= 0.3 is 5.97 Å². The quantitative estimate of drug-likeness (QED) is 0.794. The molecule has 24 heavy (non-hydrogen) atoms. The van der Waals surface area contributed by atoms with Crippen molar-refractivity contribution in [1.29, 1.82) is 0 Å². The molecule has 7 heteroatoms. The second-order valence-corrected chi connectivity index (χ2v) is 6.37. The Balaban J connectivity index is 1.81. The summed E-state index contributed by atoms with van der Waals surface area (Å²) in [7, 11) is 0. The number of aromatic nitrogens is 4. The van der Waals surface area contributed by atoms with Crippen LogP contribution in [0, 0.1) is 5.41 Å². The lowest BCUT2D eigenvalue weighted by Gasteiger charge is -2.22. The molecule has 1 aliphatic heterocycles. The third kappa shape index (κ3) is 2.29. The monoisotopic (exact) mass is 323 g/mol. The third-order valence-electron chi connectivity index (χ3n) is 4.62. The second kappa shape index (κ2) is 5.30. The minimum absolute atomic E-state index is 0.440. The lowest BCUT2D eigenvalue weighted by molar-refractivity contribution is -0.146. The van der Waals surface area contributed by atoms with Gasteiger partial charge in [-0.05, 0) is 13.3 Å². The van der Waals surface area contributed by atoms with Gasteiger partial charge in [0.15, 0.2) is 0 Å². The Morgan fingerprint density at radius 1 is 1.29 bits per heavy atom. The third-order valence-corrected chi connectivity index (χ3v) is 4.62. The molecule has 0 bridgehead atoms. The van der Waals surface area contributed by atoms with Crippen molar-refractivity contribution in [3.8, 4) is 11.3 Å². The van der Waals surface area contributed by atoms with Gasteiger partial charge in [-0.2, -0.15) is 14.6 Å². The number of rotatable bonds is 3. The summed E-state index contributed by atoms with van der Waals surface area (Å²) < 4.78 is 1.67. The second-order valence-electron chi connectivity index (χ2n) is 6.37. The van der Waals surface area contributed by atoms with Crippen LogP contribution in [-0.4, -0.2) is 43.7 Å². The Labute approximate surface area is 138 Å². The number of benzene rings is 1. The summed E-state index contributed by atoms with van der Waals surface area (Å²) in [5, 5.41) is 13.7. The summed E-state index contributed by atoms with van der Waals surface area (Å²) in [6.07, 6.45) is 2.06. The van der Waals surface area contributed by atoms with E-state index in [0.717, 1.165) is 17.1 Å². The first-order chi connectivity index (χ1) is 11.6. The van der Waals surface area contributed by atoms with Crippen LogP contribution >= 0.6 is 0 Å². The first kappa shape index (κ1) is 14.6. The van der Waals surface area contributed by atoms with Crippen molar-refractivity contribution in [2.75, 3.05) is 18.0 Å². The number of nitrogens with zero attached hydrogens (tertiary/aromatic N) is 5. The Morgan fingerprint density at radius 3 is 2.79 bits per heavy atom. The molecule has 7 nitrogen and oxygen atoms in total. The van der Waals surface area contributed by atoms with Crippen molar-refractivity contribution in [3.05, 3.63) is 42.7 Å². The first-order valence-corrected chi connectivity index (χ1v) is 7.81. The molecule has 0 spiro atoms. The van der Waals surface area contributed by atoms with Crippen molar-refractivity contribution in [2.45, 2.75) is 13.3 Å². The molecular formula is C17H17N5O2. The molecule has 0 amide bonds. The minimum Gasteiger partial charge on any atom is -0.481 e. The molecule has 1 N–H and O–H groups in total. The van der Waals surface area contributed by atoms with Gasteiger partial charge in [0.1, 0.15) is 12.1 Å². The van der Waals surface area contributed by atoms with Crippen molar-refractivity contribution >= 4 is 17.6 Å². The number of fused-ring (bicyclic) bond motifs is 1. The summed E-state index contributed by atoms with van der Waals surface area (Å²) in [4.78, 5) is 22.3. The largest absolute Gasteiger partial charge is 0.481 e. The van der Waals surface area contributed by atoms with E-state index >= 15 is 0 Å². The van der Waals surface area contributed by atoms with Crippen LogP contribution in [0.2, 0.25) is 0 Å². The number of carboxylic acid groups (broad SMARTS) is 1. The van der Waals surface area contributed by atoms with Gasteiger partial charge in [-0.25, -0.2) is 4.98 Å². The number of hydrogen-bond donors (Lipinski definition) is 1. The van der Waals surface area contributed by atoms with Crippen LogP contribution in [0.1, 0.15) is 13.3 Å². The average molecular weight is 323 g/mol. The zero-order valence-corrected chi connectivity index (χ0v) is 13.3. The summed E-state index contributed by atoms with van der Waals surface area (Å²) in [6, 6.07) is 11.8. The highest BCUT2D eigenvalue weighted by atomic mass is 16.4. The molecule has 1 aromatic carbocycles. The Bertz CT molecular complexity index is 908. The molecule has 2 aromatic heterocycles. The highest BCUT2D eigenvalue weighted by molar-refractivity contribution is 5.76. The van der Waals surface area contributed by atoms with Gasteiger partial charge < -0.3 is 10.0 Å².